The number of hydrogen-bond acceptors (Lipinski definition) is 2. The van der Waals surface area contributed by atoms with E-state index in [0.29, 0.717) is 17.9 Å². The maximum Gasteiger partial charge on any atom is 0.0695 e. The van der Waals surface area contributed by atoms with Crippen molar-refractivity contribution in [3.63, 3.8) is 0 Å². The van der Waals surface area contributed by atoms with Crippen molar-refractivity contribution in [2.24, 2.45) is 11.8 Å². The van der Waals surface area contributed by atoms with Crippen molar-refractivity contribution in [2.75, 3.05) is 13.6 Å². The lowest BCUT2D eigenvalue weighted by Gasteiger charge is -2.31. The van der Waals surface area contributed by atoms with Crippen LogP contribution in [0.15, 0.2) is 0 Å². The summed E-state index contributed by atoms with van der Waals surface area (Å²) >= 11 is 0. The molecule has 15 heavy (non-hydrogen) atoms. The van der Waals surface area contributed by atoms with Gasteiger partial charge in [-0.3, -0.25) is 0 Å². The third kappa shape index (κ3) is 3.76. The van der Waals surface area contributed by atoms with E-state index in [9.17, 15) is 5.11 Å². The van der Waals surface area contributed by atoms with E-state index in [2.05, 4.69) is 32.7 Å². The van der Waals surface area contributed by atoms with Gasteiger partial charge in [0, 0.05) is 12.6 Å². The number of hydrogen-bond donors (Lipinski definition) is 1. The molecule has 1 aliphatic rings. The number of likely N-dealkylation sites (N-methyl/N-ethyl adjacent to an activating group) is 1. The van der Waals surface area contributed by atoms with Crippen molar-refractivity contribution in [2.45, 2.75) is 58.6 Å². The first-order chi connectivity index (χ1) is 7.02. The second kappa shape index (κ2) is 5.86. The van der Waals surface area contributed by atoms with Crippen LogP contribution in [0.1, 0.15) is 46.5 Å². The summed E-state index contributed by atoms with van der Waals surface area (Å²) < 4.78 is 0. The zero-order valence-corrected chi connectivity index (χ0v) is 10.7. The highest BCUT2D eigenvalue weighted by Gasteiger charge is 2.25. The number of aliphatic hydroxyl groups is 1. The summed E-state index contributed by atoms with van der Waals surface area (Å²) in [5.41, 5.74) is 0. The van der Waals surface area contributed by atoms with E-state index in [-0.39, 0.29) is 6.10 Å². The molecule has 1 fully saturated rings. The fourth-order valence-electron chi connectivity index (χ4n) is 2.46. The van der Waals surface area contributed by atoms with E-state index < -0.39 is 0 Å². The van der Waals surface area contributed by atoms with E-state index in [1.165, 1.54) is 25.7 Å². The third-order valence-electron chi connectivity index (χ3n) is 4.08. The van der Waals surface area contributed by atoms with Crippen LogP contribution in [0.5, 0.6) is 0 Å². The van der Waals surface area contributed by atoms with Crippen molar-refractivity contribution >= 4 is 0 Å². The SMILES string of the molecule is CC(C)C(C)N(C)CC(O)C1CCCC1. The normalized spacial score (nSPS) is 22.6. The number of aliphatic hydroxyl groups excluding tert-OH is 1. The molecular formula is C13H27NO. The van der Waals surface area contributed by atoms with Crippen molar-refractivity contribution < 1.29 is 5.11 Å². The summed E-state index contributed by atoms with van der Waals surface area (Å²) in [7, 11) is 2.13. The van der Waals surface area contributed by atoms with Crippen LogP contribution in [0.4, 0.5) is 0 Å². The van der Waals surface area contributed by atoms with Gasteiger partial charge in [0.15, 0.2) is 0 Å². The molecule has 0 aromatic rings. The van der Waals surface area contributed by atoms with Gasteiger partial charge in [0.2, 0.25) is 0 Å². The third-order valence-corrected chi connectivity index (χ3v) is 4.08. The van der Waals surface area contributed by atoms with E-state index in [0.717, 1.165) is 6.54 Å². The quantitative estimate of drug-likeness (QED) is 0.758. The molecule has 1 saturated carbocycles. The summed E-state index contributed by atoms with van der Waals surface area (Å²) in [5.74, 6) is 1.22. The summed E-state index contributed by atoms with van der Waals surface area (Å²) in [6.45, 7) is 7.56. The topological polar surface area (TPSA) is 23.5 Å². The summed E-state index contributed by atoms with van der Waals surface area (Å²) in [4.78, 5) is 2.30. The molecule has 0 aromatic heterocycles. The van der Waals surface area contributed by atoms with Crippen LogP contribution in [0.3, 0.4) is 0 Å². The van der Waals surface area contributed by atoms with E-state index >= 15 is 0 Å². The second-order valence-corrected chi connectivity index (χ2v) is 5.54. The Morgan fingerprint density at radius 3 is 2.20 bits per heavy atom. The highest BCUT2D eigenvalue weighted by Crippen LogP contribution is 2.28. The van der Waals surface area contributed by atoms with Gasteiger partial charge in [0.25, 0.3) is 0 Å². The predicted molar refractivity (Wildman–Crippen MR) is 64.9 cm³/mol. The first-order valence-corrected chi connectivity index (χ1v) is 6.40. The first kappa shape index (κ1) is 13.0. The minimum Gasteiger partial charge on any atom is -0.392 e. The lowest BCUT2D eigenvalue weighted by atomic mass is 9.99. The van der Waals surface area contributed by atoms with Gasteiger partial charge in [-0.2, -0.15) is 0 Å². The monoisotopic (exact) mass is 213 g/mol. The van der Waals surface area contributed by atoms with Crippen LogP contribution in [-0.4, -0.2) is 35.7 Å². The van der Waals surface area contributed by atoms with Gasteiger partial charge in [-0.05, 0) is 38.6 Å². The van der Waals surface area contributed by atoms with Crippen LogP contribution in [-0.2, 0) is 0 Å². The molecule has 2 heteroatoms. The number of nitrogens with zero attached hydrogens (tertiary/aromatic N) is 1. The maximum absolute atomic E-state index is 10.1. The van der Waals surface area contributed by atoms with Crippen molar-refractivity contribution in [1.82, 2.24) is 4.90 Å². The Morgan fingerprint density at radius 2 is 1.73 bits per heavy atom. The van der Waals surface area contributed by atoms with Gasteiger partial charge in [0.05, 0.1) is 6.10 Å². The molecule has 0 amide bonds. The maximum atomic E-state index is 10.1. The summed E-state index contributed by atoms with van der Waals surface area (Å²) in [6, 6.07) is 0.557. The average Bonchev–Trinajstić information content (AvgIpc) is 2.68. The minimum absolute atomic E-state index is 0.112. The lowest BCUT2D eigenvalue weighted by Crippen LogP contribution is -2.40. The Morgan fingerprint density at radius 1 is 1.20 bits per heavy atom. The van der Waals surface area contributed by atoms with E-state index in [4.69, 9.17) is 0 Å². The molecule has 0 aromatic carbocycles. The standard InChI is InChI=1S/C13H27NO/c1-10(2)11(3)14(4)9-13(15)12-7-5-6-8-12/h10-13,15H,5-9H2,1-4H3. The largest absolute Gasteiger partial charge is 0.392 e. The highest BCUT2D eigenvalue weighted by atomic mass is 16.3. The molecule has 1 aliphatic carbocycles. The summed E-state index contributed by atoms with van der Waals surface area (Å²) in [6.07, 6.45) is 4.96. The summed E-state index contributed by atoms with van der Waals surface area (Å²) in [5, 5.41) is 10.1. The van der Waals surface area contributed by atoms with E-state index in [1.807, 2.05) is 0 Å². The van der Waals surface area contributed by atoms with Crippen LogP contribution in [0.2, 0.25) is 0 Å². The minimum atomic E-state index is -0.112. The average molecular weight is 213 g/mol. The molecule has 0 saturated heterocycles. The Kier molecular flexibility index (Phi) is 5.07. The second-order valence-electron chi connectivity index (χ2n) is 5.54. The van der Waals surface area contributed by atoms with Crippen molar-refractivity contribution in [1.29, 1.82) is 0 Å². The van der Waals surface area contributed by atoms with Crippen LogP contribution < -0.4 is 0 Å². The number of rotatable bonds is 5. The van der Waals surface area contributed by atoms with Crippen molar-refractivity contribution in [3.05, 3.63) is 0 Å². The Bertz CT molecular complexity index is 169. The molecule has 1 rings (SSSR count). The highest BCUT2D eigenvalue weighted by molar-refractivity contribution is 4.78. The van der Waals surface area contributed by atoms with Gasteiger partial charge in [-0.1, -0.05) is 26.7 Å². The van der Waals surface area contributed by atoms with Gasteiger partial charge < -0.3 is 10.0 Å². The fraction of sp³-hybridized carbons (Fsp3) is 1.00. The van der Waals surface area contributed by atoms with Gasteiger partial charge >= 0.3 is 0 Å². The van der Waals surface area contributed by atoms with Crippen LogP contribution in [0.25, 0.3) is 0 Å². The van der Waals surface area contributed by atoms with Crippen LogP contribution in [0, 0.1) is 11.8 Å². The smallest absolute Gasteiger partial charge is 0.0695 e. The fourth-order valence-corrected chi connectivity index (χ4v) is 2.46. The zero-order chi connectivity index (χ0) is 11.4. The molecule has 0 aliphatic heterocycles. The lowest BCUT2D eigenvalue weighted by molar-refractivity contribution is 0.0550. The Hall–Kier alpha value is -0.0800. The molecule has 2 nitrogen and oxygen atoms in total. The molecule has 90 valence electrons. The Balaban J connectivity index is 2.32. The van der Waals surface area contributed by atoms with Crippen LogP contribution >= 0.6 is 0 Å². The molecular weight excluding hydrogens is 186 g/mol. The van der Waals surface area contributed by atoms with E-state index in [1.54, 1.807) is 0 Å². The zero-order valence-electron chi connectivity index (χ0n) is 10.7. The first-order valence-electron chi connectivity index (χ1n) is 6.40. The van der Waals surface area contributed by atoms with Gasteiger partial charge in [0.1, 0.15) is 0 Å². The molecule has 0 bridgehead atoms. The Labute approximate surface area is 94.7 Å². The predicted octanol–water partition coefficient (Wildman–Crippen LogP) is 2.51. The molecule has 1 N–H and O–H groups in total. The van der Waals surface area contributed by atoms with Crippen molar-refractivity contribution in [3.8, 4) is 0 Å². The van der Waals surface area contributed by atoms with Gasteiger partial charge in [-0.15, -0.1) is 0 Å². The van der Waals surface area contributed by atoms with Gasteiger partial charge in [-0.25, -0.2) is 0 Å². The molecule has 2 atom stereocenters. The molecule has 0 radical (unpaired) electrons. The molecule has 2 unspecified atom stereocenters. The molecule has 0 spiro atoms. The molecule has 0 heterocycles.